The third kappa shape index (κ3) is 4.16. The average Bonchev–Trinajstić information content (AvgIpc) is 3.32. The number of hydrogen-bond donors (Lipinski definition) is 1. The zero-order valence-corrected chi connectivity index (χ0v) is 17.0. The van der Waals surface area contributed by atoms with Gasteiger partial charge in [-0.25, -0.2) is 0 Å². The molecule has 0 amide bonds. The monoisotopic (exact) mass is 431 g/mol. The van der Waals surface area contributed by atoms with Gasteiger partial charge in [0.05, 0.1) is 0 Å². The largest absolute Gasteiger partial charge is 0.347 e. The number of nitrogens with one attached hydrogen (secondary N) is 1. The van der Waals surface area contributed by atoms with E-state index in [0.717, 1.165) is 40.9 Å². The molecular weight excluding hydrogens is 410 g/mol. The summed E-state index contributed by atoms with van der Waals surface area (Å²) in [5, 5.41) is 14.3. The molecular formula is C19H22BrN5S. The minimum atomic E-state index is 0.790. The molecule has 0 aliphatic carbocycles. The van der Waals surface area contributed by atoms with E-state index in [0.29, 0.717) is 0 Å². The first-order valence-electron chi connectivity index (χ1n) is 9.00. The maximum atomic E-state index is 4.43. The number of anilines is 1. The molecule has 3 aromatic rings. The van der Waals surface area contributed by atoms with Gasteiger partial charge in [-0.3, -0.25) is 4.57 Å². The van der Waals surface area contributed by atoms with Crippen molar-refractivity contribution >= 4 is 32.4 Å². The highest BCUT2D eigenvalue weighted by atomic mass is 79.9. The van der Waals surface area contributed by atoms with Crippen molar-refractivity contribution in [2.24, 2.45) is 0 Å². The number of hydrogen-bond acceptors (Lipinski definition) is 5. The molecule has 0 atom stereocenters. The minimum Gasteiger partial charge on any atom is -0.347 e. The highest BCUT2D eigenvalue weighted by Crippen LogP contribution is 2.26. The van der Waals surface area contributed by atoms with Gasteiger partial charge in [0.15, 0.2) is 0 Å². The molecule has 1 fully saturated rings. The molecule has 0 spiro atoms. The second-order valence-corrected chi connectivity index (χ2v) is 8.37. The fourth-order valence-corrected chi connectivity index (χ4v) is 4.61. The van der Waals surface area contributed by atoms with Crippen molar-refractivity contribution in [1.82, 2.24) is 20.1 Å². The number of nitrogens with zero attached hydrogens (tertiary/aromatic N) is 4. The summed E-state index contributed by atoms with van der Waals surface area (Å²) in [6, 6.07) is 12.6. The van der Waals surface area contributed by atoms with Crippen LogP contribution in [0.5, 0.6) is 0 Å². The van der Waals surface area contributed by atoms with Gasteiger partial charge >= 0.3 is 0 Å². The molecule has 0 saturated carbocycles. The summed E-state index contributed by atoms with van der Waals surface area (Å²) in [4.78, 5) is 2.36. The normalized spacial score (nSPS) is 14.7. The molecule has 2 aromatic heterocycles. The quantitative estimate of drug-likeness (QED) is 0.629. The Hall–Kier alpha value is -1.70. The molecule has 1 aliphatic rings. The molecule has 0 radical (unpaired) electrons. The van der Waals surface area contributed by atoms with Gasteiger partial charge in [0.1, 0.15) is 0 Å². The van der Waals surface area contributed by atoms with Crippen molar-refractivity contribution in [3.8, 4) is 5.13 Å². The first-order valence-corrected chi connectivity index (χ1v) is 10.6. The van der Waals surface area contributed by atoms with E-state index in [2.05, 4.69) is 77.4 Å². The number of piperidine rings is 1. The second-order valence-electron chi connectivity index (χ2n) is 6.52. The Bertz CT molecular complexity index is 853. The van der Waals surface area contributed by atoms with Crippen LogP contribution in [0.3, 0.4) is 0 Å². The fraction of sp³-hybridized carbons (Fsp3) is 0.368. The van der Waals surface area contributed by atoms with E-state index in [1.165, 1.54) is 30.5 Å². The summed E-state index contributed by atoms with van der Waals surface area (Å²) in [7, 11) is 0. The number of benzene rings is 1. The first-order chi connectivity index (χ1) is 12.8. The van der Waals surface area contributed by atoms with Crippen LogP contribution in [0.15, 0.2) is 47.1 Å². The van der Waals surface area contributed by atoms with Gasteiger partial charge in [-0.2, -0.15) is 0 Å². The molecule has 5 nitrogen and oxygen atoms in total. The van der Waals surface area contributed by atoms with Gasteiger partial charge in [-0.05, 0) is 49.1 Å². The lowest BCUT2D eigenvalue weighted by molar-refractivity contribution is 0.575. The lowest BCUT2D eigenvalue weighted by Crippen LogP contribution is -2.29. The van der Waals surface area contributed by atoms with E-state index >= 15 is 0 Å². The lowest BCUT2D eigenvalue weighted by Gasteiger charge is -2.25. The van der Waals surface area contributed by atoms with Crippen molar-refractivity contribution in [2.75, 3.05) is 18.0 Å². The van der Waals surface area contributed by atoms with E-state index in [1.54, 1.807) is 11.3 Å². The van der Waals surface area contributed by atoms with Crippen LogP contribution in [0, 0.1) is 0 Å². The average molecular weight is 432 g/mol. The van der Waals surface area contributed by atoms with Gasteiger partial charge in [-0.1, -0.05) is 39.4 Å². The summed E-state index contributed by atoms with van der Waals surface area (Å²) >= 11 is 5.20. The molecule has 136 valence electrons. The zero-order valence-electron chi connectivity index (χ0n) is 14.6. The summed E-state index contributed by atoms with van der Waals surface area (Å²) in [6.45, 7) is 3.82. The highest BCUT2D eigenvalue weighted by Gasteiger charge is 2.16. The van der Waals surface area contributed by atoms with Crippen molar-refractivity contribution in [3.63, 3.8) is 0 Å². The molecule has 0 bridgehead atoms. The van der Waals surface area contributed by atoms with Crippen molar-refractivity contribution in [3.05, 3.63) is 58.3 Å². The number of rotatable bonds is 6. The predicted molar refractivity (Wildman–Crippen MR) is 110 cm³/mol. The molecule has 0 unspecified atom stereocenters. The summed E-state index contributed by atoms with van der Waals surface area (Å²) in [5.41, 5.74) is 2.46. The van der Waals surface area contributed by atoms with Crippen LogP contribution in [0.2, 0.25) is 0 Å². The second kappa shape index (κ2) is 8.33. The Morgan fingerprint density at radius 3 is 2.69 bits per heavy atom. The van der Waals surface area contributed by atoms with Crippen LogP contribution in [-0.4, -0.2) is 27.9 Å². The number of aromatic nitrogens is 3. The Labute approximate surface area is 166 Å². The van der Waals surface area contributed by atoms with Crippen LogP contribution in [-0.2, 0) is 13.1 Å². The maximum absolute atomic E-state index is 4.43. The summed E-state index contributed by atoms with van der Waals surface area (Å²) in [6.07, 6.45) is 5.90. The molecule has 1 aromatic carbocycles. The molecule has 1 saturated heterocycles. The van der Waals surface area contributed by atoms with Gasteiger partial charge in [0, 0.05) is 42.5 Å². The Kier molecular flexibility index (Phi) is 5.67. The smallest absolute Gasteiger partial charge is 0.218 e. The maximum Gasteiger partial charge on any atom is 0.218 e. The van der Waals surface area contributed by atoms with E-state index in [9.17, 15) is 0 Å². The fourth-order valence-electron chi connectivity index (χ4n) is 3.25. The topological polar surface area (TPSA) is 46.0 Å². The molecule has 7 heteroatoms. The van der Waals surface area contributed by atoms with Crippen molar-refractivity contribution in [2.45, 2.75) is 32.4 Å². The van der Waals surface area contributed by atoms with Crippen LogP contribution >= 0.6 is 27.3 Å². The van der Waals surface area contributed by atoms with E-state index in [4.69, 9.17) is 0 Å². The molecule has 26 heavy (non-hydrogen) atoms. The SMILES string of the molecule is Brc1cccc(CNCc2cccn2-c2nnc(N3CCCCC3)s2)c1. The van der Waals surface area contributed by atoms with Crippen LogP contribution in [0.1, 0.15) is 30.5 Å². The Morgan fingerprint density at radius 1 is 1.00 bits per heavy atom. The van der Waals surface area contributed by atoms with Gasteiger partial charge < -0.3 is 10.2 Å². The van der Waals surface area contributed by atoms with Crippen LogP contribution in [0.25, 0.3) is 5.13 Å². The lowest BCUT2D eigenvalue weighted by atomic mass is 10.1. The van der Waals surface area contributed by atoms with Gasteiger partial charge in [0.2, 0.25) is 10.3 Å². The molecule has 3 heterocycles. The van der Waals surface area contributed by atoms with Gasteiger partial charge in [0.25, 0.3) is 0 Å². The molecule has 1 N–H and O–H groups in total. The first kappa shape index (κ1) is 17.7. The molecule has 4 rings (SSSR count). The van der Waals surface area contributed by atoms with Crippen LogP contribution < -0.4 is 10.2 Å². The van der Waals surface area contributed by atoms with E-state index in [-0.39, 0.29) is 0 Å². The van der Waals surface area contributed by atoms with Crippen molar-refractivity contribution in [1.29, 1.82) is 0 Å². The van der Waals surface area contributed by atoms with Gasteiger partial charge in [-0.15, -0.1) is 10.2 Å². The minimum absolute atomic E-state index is 0.790. The molecule has 1 aliphatic heterocycles. The third-order valence-electron chi connectivity index (χ3n) is 4.59. The summed E-state index contributed by atoms with van der Waals surface area (Å²) < 4.78 is 3.25. The Morgan fingerprint density at radius 2 is 1.85 bits per heavy atom. The van der Waals surface area contributed by atoms with E-state index < -0.39 is 0 Å². The predicted octanol–water partition coefficient (Wildman–Crippen LogP) is 4.37. The van der Waals surface area contributed by atoms with Crippen LogP contribution in [0.4, 0.5) is 5.13 Å². The number of halogens is 1. The third-order valence-corrected chi connectivity index (χ3v) is 6.07. The van der Waals surface area contributed by atoms with E-state index in [1.807, 2.05) is 6.07 Å². The zero-order chi connectivity index (χ0) is 17.8. The van der Waals surface area contributed by atoms with Crippen molar-refractivity contribution < 1.29 is 0 Å². The Balaban J connectivity index is 1.41. The standard InChI is InChI=1S/C19H22BrN5S/c20-16-7-4-6-15(12-16)13-21-14-17-8-5-11-25(17)19-23-22-18(26-19)24-9-2-1-3-10-24/h4-8,11-12,21H,1-3,9-10,13-14H2. The highest BCUT2D eigenvalue weighted by molar-refractivity contribution is 9.10. The summed E-state index contributed by atoms with van der Waals surface area (Å²) in [5.74, 6) is 0.